The van der Waals surface area contributed by atoms with Gasteiger partial charge in [-0.2, -0.15) is 0 Å². The minimum Gasteiger partial charge on any atom is -0.445 e. The molecule has 5 nitrogen and oxygen atoms in total. The quantitative estimate of drug-likeness (QED) is 0.520. The van der Waals surface area contributed by atoms with Crippen molar-refractivity contribution in [2.24, 2.45) is 0 Å². The zero-order chi connectivity index (χ0) is 13.1. The van der Waals surface area contributed by atoms with E-state index in [1.807, 2.05) is 6.92 Å². The summed E-state index contributed by atoms with van der Waals surface area (Å²) in [7, 11) is 0.203. The Hall–Kier alpha value is -0.930. The van der Waals surface area contributed by atoms with Crippen LogP contribution < -0.4 is 10.4 Å². The third kappa shape index (κ3) is 9.97. The number of unbranched alkanes of at least 4 members (excludes halogenated alkanes) is 1. The molecule has 1 unspecified atom stereocenters. The first-order valence-corrected chi connectivity index (χ1v) is 7.23. The van der Waals surface area contributed by atoms with Crippen molar-refractivity contribution in [1.82, 2.24) is 10.4 Å². The Morgan fingerprint density at radius 1 is 1.47 bits per heavy atom. The molecule has 0 fully saturated rings. The van der Waals surface area contributed by atoms with Gasteiger partial charge in [0.2, 0.25) is 0 Å². The molecule has 0 heterocycles. The number of amides is 1. The highest BCUT2D eigenvalue weighted by atomic mass is 31.1. The van der Waals surface area contributed by atoms with Crippen molar-refractivity contribution in [2.45, 2.75) is 26.7 Å². The molecule has 0 aliphatic carbocycles. The molecule has 0 saturated heterocycles. The number of alkyl carbamates (subject to hydrolysis) is 1. The molecule has 17 heavy (non-hydrogen) atoms. The van der Waals surface area contributed by atoms with E-state index in [1.54, 1.807) is 7.05 Å². The van der Waals surface area contributed by atoms with Crippen LogP contribution in [0.1, 0.15) is 26.7 Å². The van der Waals surface area contributed by atoms with E-state index in [1.165, 1.54) is 0 Å². The molecule has 0 rings (SSSR count). The number of ether oxygens (including phenoxy) is 1. The summed E-state index contributed by atoms with van der Waals surface area (Å²) in [5.74, 6) is 0. The second-order valence-electron chi connectivity index (χ2n) is 3.67. The summed E-state index contributed by atoms with van der Waals surface area (Å²) in [6, 6.07) is 0. The largest absolute Gasteiger partial charge is 0.445 e. The molecule has 0 aliphatic heterocycles. The Kier molecular flexibility index (Phi) is 9.68. The van der Waals surface area contributed by atoms with Crippen LogP contribution in [-0.4, -0.2) is 32.5 Å². The van der Waals surface area contributed by atoms with Crippen LogP contribution in [0.25, 0.3) is 0 Å². The highest BCUT2D eigenvalue weighted by molar-refractivity contribution is 7.42. The van der Waals surface area contributed by atoms with E-state index in [0.29, 0.717) is 19.3 Å². The van der Waals surface area contributed by atoms with Crippen molar-refractivity contribution in [1.29, 1.82) is 0 Å². The predicted octanol–water partition coefficient (Wildman–Crippen LogP) is 2.42. The van der Waals surface area contributed by atoms with Crippen LogP contribution in [0, 0.1) is 0 Å². The van der Waals surface area contributed by atoms with Crippen LogP contribution in [0.5, 0.6) is 0 Å². The molecule has 0 radical (unpaired) electrons. The molecule has 0 aliphatic rings. The van der Waals surface area contributed by atoms with Crippen molar-refractivity contribution in [3.05, 3.63) is 11.6 Å². The summed E-state index contributed by atoms with van der Waals surface area (Å²) in [5, 5.41) is 5.17. The topological polar surface area (TPSA) is 67.4 Å². The van der Waals surface area contributed by atoms with E-state index >= 15 is 0 Å². The van der Waals surface area contributed by atoms with Crippen molar-refractivity contribution in [2.75, 3.05) is 26.4 Å². The van der Waals surface area contributed by atoms with Crippen molar-refractivity contribution >= 4 is 14.0 Å². The van der Waals surface area contributed by atoms with Gasteiger partial charge < -0.3 is 10.1 Å². The fourth-order valence-electron chi connectivity index (χ4n) is 1.05. The minimum absolute atomic E-state index is 0.310. The van der Waals surface area contributed by atoms with Gasteiger partial charge in [0.05, 0.1) is 6.54 Å². The minimum atomic E-state index is -1.42. The maximum absolute atomic E-state index is 11.2. The molecule has 0 spiro atoms. The van der Waals surface area contributed by atoms with E-state index in [4.69, 9.17) is 4.74 Å². The number of hydrogen-bond donors (Lipinski definition) is 2. The Bertz CT molecular complexity index is 280. The third-order valence-electron chi connectivity index (χ3n) is 2.05. The van der Waals surface area contributed by atoms with E-state index in [9.17, 15) is 9.36 Å². The van der Waals surface area contributed by atoms with E-state index in [-0.39, 0.29) is 0 Å². The first-order chi connectivity index (χ1) is 8.10. The Morgan fingerprint density at radius 3 is 2.76 bits per heavy atom. The molecule has 0 aromatic rings. The monoisotopic (exact) mass is 261 g/mol. The number of nitrogens with one attached hydrogen (secondary N) is 2. The fraction of sp³-hybridized carbons (Fsp3) is 0.727. The lowest BCUT2D eigenvalue weighted by molar-refractivity contribution is 0.156. The lowest BCUT2D eigenvalue weighted by atomic mass is 10.2. The Morgan fingerprint density at radius 2 is 2.18 bits per heavy atom. The van der Waals surface area contributed by atoms with Crippen molar-refractivity contribution in [3.63, 3.8) is 0 Å². The fourth-order valence-corrected chi connectivity index (χ4v) is 1.59. The molecule has 2 N–H and O–H groups in total. The SMILES string of the molecule is CCC/C=C(\C)COC(=O)NCC[P+](=O)NC. The molecule has 6 heteroatoms. The van der Waals surface area contributed by atoms with Crippen molar-refractivity contribution in [3.8, 4) is 0 Å². The summed E-state index contributed by atoms with van der Waals surface area (Å²) in [5.41, 5.74) is 1.04. The van der Waals surface area contributed by atoms with Gasteiger partial charge in [-0.3, -0.25) is 0 Å². The van der Waals surface area contributed by atoms with Crippen LogP contribution in [0.15, 0.2) is 11.6 Å². The summed E-state index contributed by atoms with van der Waals surface area (Å²) in [6.07, 6.45) is 4.09. The van der Waals surface area contributed by atoms with E-state index in [0.717, 1.165) is 18.4 Å². The Balaban J connectivity index is 3.62. The van der Waals surface area contributed by atoms with E-state index in [2.05, 4.69) is 23.4 Å². The smallest absolute Gasteiger partial charge is 0.433 e. The maximum Gasteiger partial charge on any atom is 0.433 e. The number of hydrogen-bond acceptors (Lipinski definition) is 3. The standard InChI is InChI=1S/C11H21N2O3P/c1-4-5-6-10(2)9-16-11(14)13-7-8-17(15)12-3/h6H,4-5,7-9H2,1-3H3,(H-,12,13,14,15)/p+1/b10-6+. The highest BCUT2D eigenvalue weighted by Gasteiger charge is 2.12. The lowest BCUT2D eigenvalue weighted by Crippen LogP contribution is -2.27. The van der Waals surface area contributed by atoms with Gasteiger partial charge in [-0.05, 0) is 18.9 Å². The first-order valence-electron chi connectivity index (χ1n) is 5.78. The summed E-state index contributed by atoms with van der Waals surface area (Å²) in [4.78, 5) is 11.2. The van der Waals surface area contributed by atoms with Gasteiger partial charge in [-0.1, -0.05) is 24.0 Å². The number of carbonyl (C=O) groups is 1. The second kappa shape index (κ2) is 10.2. The molecule has 0 aromatic carbocycles. The van der Waals surface area contributed by atoms with Gasteiger partial charge in [0.1, 0.15) is 6.61 Å². The zero-order valence-corrected chi connectivity index (χ0v) is 11.7. The van der Waals surface area contributed by atoms with Gasteiger partial charge in [0.15, 0.2) is 6.16 Å². The van der Waals surface area contributed by atoms with Gasteiger partial charge >= 0.3 is 14.0 Å². The molecule has 0 bridgehead atoms. The molecule has 98 valence electrons. The van der Waals surface area contributed by atoms with E-state index < -0.39 is 14.0 Å². The maximum atomic E-state index is 11.2. The third-order valence-corrected chi connectivity index (χ3v) is 3.17. The highest BCUT2D eigenvalue weighted by Crippen LogP contribution is 2.09. The van der Waals surface area contributed by atoms with Crippen LogP contribution in [-0.2, 0) is 9.30 Å². The van der Waals surface area contributed by atoms with Crippen molar-refractivity contribution < 1.29 is 14.1 Å². The Labute approximate surface area is 104 Å². The van der Waals surface area contributed by atoms with Crippen LogP contribution in [0.4, 0.5) is 4.79 Å². The van der Waals surface area contributed by atoms with Crippen LogP contribution in [0.2, 0.25) is 0 Å². The van der Waals surface area contributed by atoms with Gasteiger partial charge in [0, 0.05) is 7.05 Å². The molecule has 0 saturated carbocycles. The molecule has 1 atom stereocenters. The zero-order valence-electron chi connectivity index (χ0n) is 10.8. The summed E-state index contributed by atoms with van der Waals surface area (Å²) >= 11 is 0. The second-order valence-corrected chi connectivity index (χ2v) is 5.32. The number of carbonyl (C=O) groups excluding carboxylic acids is 1. The summed E-state index contributed by atoms with van der Waals surface area (Å²) in [6.45, 7) is 4.69. The molecular formula is C11H22N2O3P+. The average molecular weight is 261 g/mol. The van der Waals surface area contributed by atoms with Crippen LogP contribution in [0.3, 0.4) is 0 Å². The van der Waals surface area contributed by atoms with Gasteiger partial charge in [0.25, 0.3) is 0 Å². The number of allylic oxidation sites excluding steroid dienone is 1. The predicted molar refractivity (Wildman–Crippen MR) is 69.5 cm³/mol. The summed E-state index contributed by atoms with van der Waals surface area (Å²) < 4.78 is 16.0. The van der Waals surface area contributed by atoms with Gasteiger partial charge in [-0.15, -0.1) is 5.09 Å². The van der Waals surface area contributed by atoms with Gasteiger partial charge in [-0.25, -0.2) is 4.79 Å². The average Bonchev–Trinajstić information content (AvgIpc) is 2.33. The normalized spacial score (nSPS) is 12.2. The molecule has 0 aromatic heterocycles. The molecule has 1 amide bonds. The lowest BCUT2D eigenvalue weighted by Gasteiger charge is -2.05. The van der Waals surface area contributed by atoms with Crippen LogP contribution >= 0.6 is 7.95 Å². The first kappa shape index (κ1) is 16.1. The molecular weight excluding hydrogens is 239 g/mol. The number of rotatable bonds is 8.